The van der Waals surface area contributed by atoms with Crippen molar-refractivity contribution in [2.24, 2.45) is 0 Å². The van der Waals surface area contributed by atoms with Crippen LogP contribution in [0, 0.1) is 0 Å². The minimum absolute atomic E-state index is 0.105. The van der Waals surface area contributed by atoms with E-state index in [1.54, 1.807) is 24.9 Å². The number of ketones is 1. The van der Waals surface area contributed by atoms with Crippen molar-refractivity contribution in [3.63, 3.8) is 0 Å². The molecule has 1 aliphatic carbocycles. The summed E-state index contributed by atoms with van der Waals surface area (Å²) in [5, 5.41) is 0. The Kier molecular flexibility index (Phi) is 4.60. The predicted molar refractivity (Wildman–Crippen MR) is 99.0 cm³/mol. The van der Waals surface area contributed by atoms with Gasteiger partial charge < -0.3 is 9.30 Å². The van der Waals surface area contributed by atoms with Gasteiger partial charge in [-0.3, -0.25) is 9.78 Å². The van der Waals surface area contributed by atoms with E-state index in [1.807, 2.05) is 47.2 Å². The lowest BCUT2D eigenvalue weighted by atomic mass is 9.86. The van der Waals surface area contributed by atoms with E-state index in [2.05, 4.69) is 9.97 Å². The number of pyridine rings is 1. The van der Waals surface area contributed by atoms with E-state index in [-0.39, 0.29) is 5.78 Å². The number of nitrogens with zero attached hydrogens (tertiary/aromatic N) is 3. The summed E-state index contributed by atoms with van der Waals surface area (Å²) in [5.74, 6) is 0.909. The quantitative estimate of drug-likeness (QED) is 0.663. The molecule has 130 valence electrons. The summed E-state index contributed by atoms with van der Waals surface area (Å²) >= 11 is 0. The first kappa shape index (κ1) is 16.3. The van der Waals surface area contributed by atoms with E-state index in [1.165, 1.54) is 0 Å². The second kappa shape index (κ2) is 7.35. The van der Waals surface area contributed by atoms with Gasteiger partial charge >= 0.3 is 0 Å². The van der Waals surface area contributed by atoms with Gasteiger partial charge in [-0.25, -0.2) is 4.98 Å². The van der Waals surface area contributed by atoms with Gasteiger partial charge in [0.1, 0.15) is 12.4 Å². The highest BCUT2D eigenvalue weighted by Gasteiger charge is 2.22. The number of hydrogen-bond acceptors (Lipinski definition) is 4. The number of fused-ring (bicyclic) bond motifs is 1. The average Bonchev–Trinajstić information content (AvgIpc) is 3.18. The molecule has 2 aromatic heterocycles. The molecule has 0 atom stereocenters. The number of hydrogen-bond donors (Lipinski definition) is 0. The highest BCUT2D eigenvalue weighted by molar-refractivity contribution is 6.13. The topological polar surface area (TPSA) is 57.0 Å². The van der Waals surface area contributed by atoms with Crippen molar-refractivity contribution in [1.82, 2.24) is 14.5 Å². The maximum Gasteiger partial charge on any atom is 0.189 e. The normalized spacial score (nSPS) is 15.1. The molecule has 0 fully saturated rings. The largest absolute Gasteiger partial charge is 0.492 e. The predicted octanol–water partition coefficient (Wildman–Crippen LogP) is 3.57. The Labute approximate surface area is 152 Å². The molecular weight excluding hydrogens is 326 g/mol. The Hall–Kier alpha value is -3.21. The minimum Gasteiger partial charge on any atom is -0.492 e. The number of imidazole rings is 1. The standard InChI is InChI=1S/C21H19N3O2/c25-21-18(13-16-5-7-22-8-6-16)2-1-17-14-19(3-4-20(17)21)26-12-11-24-10-9-23-15-24/h3-10,13-15H,1-2,11-12H2/b18-13-. The number of rotatable bonds is 5. The van der Waals surface area contributed by atoms with Crippen molar-refractivity contribution >= 4 is 11.9 Å². The lowest BCUT2D eigenvalue weighted by molar-refractivity contribution is 0.102. The van der Waals surface area contributed by atoms with Crippen LogP contribution in [0.4, 0.5) is 0 Å². The third-order valence-corrected chi connectivity index (χ3v) is 4.50. The fraction of sp³-hybridized carbons (Fsp3) is 0.190. The van der Waals surface area contributed by atoms with Gasteiger partial charge in [-0.05, 0) is 60.4 Å². The van der Waals surface area contributed by atoms with Crippen molar-refractivity contribution in [2.75, 3.05) is 6.61 Å². The van der Waals surface area contributed by atoms with Crippen LogP contribution in [0.3, 0.4) is 0 Å². The van der Waals surface area contributed by atoms with Crippen LogP contribution in [0.1, 0.15) is 27.9 Å². The van der Waals surface area contributed by atoms with Crippen LogP contribution in [0.2, 0.25) is 0 Å². The molecule has 4 rings (SSSR count). The molecule has 5 heteroatoms. The molecule has 26 heavy (non-hydrogen) atoms. The van der Waals surface area contributed by atoms with Gasteiger partial charge in [-0.2, -0.15) is 0 Å². The third kappa shape index (κ3) is 3.57. The van der Waals surface area contributed by atoms with Gasteiger partial charge in [0.2, 0.25) is 0 Å². The van der Waals surface area contributed by atoms with Gasteiger partial charge in [0.05, 0.1) is 12.9 Å². The molecule has 0 radical (unpaired) electrons. The molecule has 1 aromatic carbocycles. The van der Waals surface area contributed by atoms with E-state index in [4.69, 9.17) is 4.74 Å². The zero-order chi connectivity index (χ0) is 17.8. The van der Waals surface area contributed by atoms with E-state index < -0.39 is 0 Å². The Balaban J connectivity index is 1.46. The van der Waals surface area contributed by atoms with Gasteiger partial charge in [-0.15, -0.1) is 0 Å². The van der Waals surface area contributed by atoms with E-state index >= 15 is 0 Å². The molecule has 0 bridgehead atoms. The van der Waals surface area contributed by atoms with Crippen molar-refractivity contribution < 1.29 is 9.53 Å². The summed E-state index contributed by atoms with van der Waals surface area (Å²) in [5.41, 5.74) is 3.68. The van der Waals surface area contributed by atoms with Crippen LogP contribution >= 0.6 is 0 Å². The smallest absolute Gasteiger partial charge is 0.189 e. The maximum absolute atomic E-state index is 12.8. The lowest BCUT2D eigenvalue weighted by Crippen LogP contribution is -2.14. The first-order chi connectivity index (χ1) is 12.8. The number of ether oxygens (including phenoxy) is 1. The Morgan fingerprint density at radius 2 is 1.96 bits per heavy atom. The Morgan fingerprint density at radius 3 is 2.77 bits per heavy atom. The molecule has 3 aromatic rings. The molecule has 0 saturated carbocycles. The summed E-state index contributed by atoms with van der Waals surface area (Å²) in [6.07, 6.45) is 12.5. The Morgan fingerprint density at radius 1 is 1.08 bits per heavy atom. The molecule has 5 nitrogen and oxygen atoms in total. The summed E-state index contributed by atoms with van der Waals surface area (Å²) < 4.78 is 7.79. The maximum atomic E-state index is 12.8. The molecule has 0 aliphatic heterocycles. The number of benzene rings is 1. The average molecular weight is 345 g/mol. The fourth-order valence-electron chi connectivity index (χ4n) is 3.13. The van der Waals surface area contributed by atoms with E-state index in [0.29, 0.717) is 6.61 Å². The first-order valence-corrected chi connectivity index (χ1v) is 8.66. The molecule has 2 heterocycles. The number of carbonyl (C=O) groups excluding carboxylic acids is 1. The summed E-state index contributed by atoms with van der Waals surface area (Å²) in [6, 6.07) is 9.56. The second-order valence-corrected chi connectivity index (χ2v) is 6.25. The molecule has 0 spiro atoms. The van der Waals surface area contributed by atoms with Crippen LogP contribution < -0.4 is 4.74 Å². The van der Waals surface area contributed by atoms with Gasteiger partial charge in [0.25, 0.3) is 0 Å². The highest BCUT2D eigenvalue weighted by atomic mass is 16.5. The lowest BCUT2D eigenvalue weighted by Gasteiger charge is -2.18. The number of allylic oxidation sites excluding steroid dienone is 1. The summed E-state index contributed by atoms with van der Waals surface area (Å²) in [4.78, 5) is 20.8. The molecule has 0 N–H and O–H groups in total. The van der Waals surface area contributed by atoms with Crippen LogP contribution in [-0.4, -0.2) is 26.9 Å². The number of Topliss-reactive ketones (excluding diaryl/α,β-unsaturated/α-hetero) is 1. The summed E-state index contributed by atoms with van der Waals surface area (Å²) in [6.45, 7) is 1.31. The van der Waals surface area contributed by atoms with Crippen molar-refractivity contribution in [3.05, 3.63) is 83.7 Å². The Bertz CT molecular complexity index is 931. The third-order valence-electron chi connectivity index (χ3n) is 4.50. The van der Waals surface area contributed by atoms with Crippen LogP contribution in [0.15, 0.2) is 67.0 Å². The first-order valence-electron chi connectivity index (χ1n) is 8.66. The van der Waals surface area contributed by atoms with Gasteiger partial charge in [0, 0.05) is 35.9 Å². The summed E-state index contributed by atoms with van der Waals surface area (Å²) in [7, 11) is 0. The second-order valence-electron chi connectivity index (χ2n) is 6.25. The minimum atomic E-state index is 0.105. The van der Waals surface area contributed by atoms with Gasteiger partial charge in [0.15, 0.2) is 5.78 Å². The van der Waals surface area contributed by atoms with Crippen molar-refractivity contribution in [2.45, 2.75) is 19.4 Å². The highest BCUT2D eigenvalue weighted by Crippen LogP contribution is 2.29. The van der Waals surface area contributed by atoms with Crippen molar-refractivity contribution in [1.29, 1.82) is 0 Å². The molecule has 0 amide bonds. The monoisotopic (exact) mass is 345 g/mol. The van der Waals surface area contributed by atoms with Crippen LogP contribution in [0.25, 0.3) is 6.08 Å². The SMILES string of the molecule is O=C1/C(=C\c2ccncc2)CCc2cc(OCCn3ccnc3)ccc21. The number of carbonyl (C=O) groups is 1. The molecule has 1 aliphatic rings. The van der Waals surface area contributed by atoms with Crippen LogP contribution in [0.5, 0.6) is 5.75 Å². The fourth-order valence-corrected chi connectivity index (χ4v) is 3.13. The van der Waals surface area contributed by atoms with E-state index in [9.17, 15) is 4.79 Å². The molecular formula is C21H19N3O2. The molecule has 0 unspecified atom stereocenters. The molecule has 0 saturated heterocycles. The van der Waals surface area contributed by atoms with E-state index in [0.717, 1.165) is 47.4 Å². The number of aromatic nitrogens is 3. The van der Waals surface area contributed by atoms with Gasteiger partial charge in [-0.1, -0.05) is 0 Å². The zero-order valence-corrected chi connectivity index (χ0v) is 14.3. The number of aryl methyl sites for hydroxylation is 1. The van der Waals surface area contributed by atoms with Crippen LogP contribution in [-0.2, 0) is 13.0 Å². The zero-order valence-electron chi connectivity index (χ0n) is 14.3. The van der Waals surface area contributed by atoms with Crippen molar-refractivity contribution in [3.8, 4) is 5.75 Å².